The van der Waals surface area contributed by atoms with Crippen molar-refractivity contribution in [2.45, 2.75) is 143 Å². The first-order chi connectivity index (χ1) is 26.0. The summed E-state index contributed by atoms with van der Waals surface area (Å²) in [6.45, 7) is 16.8. The smallest absolute Gasteiger partial charge is 0.269 e. The van der Waals surface area contributed by atoms with Gasteiger partial charge in [-0.15, -0.1) is 0 Å². The number of carboxylic acids is 2. The van der Waals surface area contributed by atoms with E-state index >= 15 is 0 Å². The summed E-state index contributed by atoms with van der Waals surface area (Å²) in [4.78, 5) is 42.0. The zero-order valence-corrected chi connectivity index (χ0v) is 33.7. The number of nitro benzene ring substituents is 2. The van der Waals surface area contributed by atoms with Crippen LogP contribution in [0.3, 0.4) is 0 Å². The maximum absolute atomic E-state index is 10.7. The third-order valence-electron chi connectivity index (χ3n) is 9.49. The molecule has 12 nitrogen and oxygen atoms in total. The maximum Gasteiger partial charge on any atom is 0.269 e. The Bertz CT molecular complexity index is 1160. The second-order valence-corrected chi connectivity index (χ2v) is 14.2. The summed E-state index contributed by atoms with van der Waals surface area (Å²) < 4.78 is 0. The topological polar surface area (TPSA) is 175 Å². The molecule has 0 radical (unpaired) electrons. The van der Waals surface area contributed by atoms with Crippen molar-refractivity contribution in [3.63, 3.8) is 0 Å². The van der Waals surface area contributed by atoms with Crippen LogP contribution >= 0.6 is 0 Å². The molecule has 0 fully saturated rings. The average Bonchev–Trinajstić information content (AvgIpc) is 3.16. The SMILES string of the molecule is CCCCCC[NH+](CCCC)CCCCc1ccc([N+](=O)[O-])cc1.CCCCCC[NH+](CCCC)CCCCc1ccc([N+](=O)[O-])cc1.O=C([O-])C(=O)[O-]. The number of carbonyl (C=O) groups excluding carboxylic acids is 2. The Morgan fingerprint density at radius 2 is 0.722 bits per heavy atom. The number of hydrogen-bond acceptors (Lipinski definition) is 8. The van der Waals surface area contributed by atoms with Gasteiger partial charge < -0.3 is 29.6 Å². The molecule has 0 saturated heterocycles. The second-order valence-electron chi connectivity index (χ2n) is 14.2. The van der Waals surface area contributed by atoms with E-state index in [0.717, 1.165) is 12.8 Å². The average molecular weight is 759 g/mol. The molecule has 2 aromatic rings. The van der Waals surface area contributed by atoms with Gasteiger partial charge >= 0.3 is 0 Å². The van der Waals surface area contributed by atoms with Crippen LogP contribution in [-0.2, 0) is 22.4 Å². The highest BCUT2D eigenvalue weighted by Crippen LogP contribution is 2.14. The number of non-ortho nitro benzene ring substituents is 2. The van der Waals surface area contributed by atoms with Gasteiger partial charge in [-0.1, -0.05) is 90.5 Å². The van der Waals surface area contributed by atoms with Crippen molar-refractivity contribution in [1.29, 1.82) is 0 Å². The number of nitro groups is 2. The number of carbonyl (C=O) groups is 2. The second kappa shape index (κ2) is 33.7. The van der Waals surface area contributed by atoms with Gasteiger partial charge in [0.15, 0.2) is 0 Å². The van der Waals surface area contributed by atoms with Crippen LogP contribution in [0.15, 0.2) is 48.5 Å². The molecule has 0 saturated carbocycles. The molecule has 0 aliphatic heterocycles. The van der Waals surface area contributed by atoms with Gasteiger partial charge in [0.1, 0.15) is 0 Å². The quantitative estimate of drug-likeness (QED) is 0.0536. The molecule has 54 heavy (non-hydrogen) atoms. The Kier molecular flexibility index (Phi) is 31.2. The molecule has 0 amide bonds. The monoisotopic (exact) mass is 759 g/mol. The molecular formula is C42H70N4O8. The molecular weight excluding hydrogens is 688 g/mol. The Morgan fingerprint density at radius 3 is 0.981 bits per heavy atom. The van der Waals surface area contributed by atoms with Gasteiger partial charge in [-0.05, 0) is 88.2 Å². The third kappa shape index (κ3) is 27.7. The number of aryl methyl sites for hydroxylation is 2. The van der Waals surface area contributed by atoms with E-state index in [1.165, 1.54) is 153 Å². The molecule has 2 aromatic carbocycles. The molecule has 2 N–H and O–H groups in total. The third-order valence-corrected chi connectivity index (χ3v) is 9.49. The molecule has 0 spiro atoms. The summed E-state index contributed by atoms with van der Waals surface area (Å²) in [5.41, 5.74) is 2.78. The molecule has 2 rings (SSSR count). The standard InChI is InChI=1S/2C20H34N2O2.C2H2O4/c2*1-3-5-7-9-17-21(16-6-4-2)18-10-8-11-19-12-14-20(15-13-19)22(23)24;3-1(4)2(5)6/h2*12-15H,3-11,16-18H2,1-2H3;(H,3,4)(H,5,6). The number of benzene rings is 2. The summed E-state index contributed by atoms with van der Waals surface area (Å²) in [5, 5.41) is 39.2. The maximum atomic E-state index is 10.7. The summed E-state index contributed by atoms with van der Waals surface area (Å²) in [6, 6.07) is 14.0. The number of nitrogens with zero attached hydrogens (tertiary/aromatic N) is 2. The fourth-order valence-corrected chi connectivity index (χ4v) is 6.18. The number of carboxylic acid groups (broad SMARTS) is 2. The van der Waals surface area contributed by atoms with E-state index in [-0.39, 0.29) is 21.2 Å². The number of rotatable bonds is 28. The van der Waals surface area contributed by atoms with E-state index in [1.807, 2.05) is 24.3 Å². The van der Waals surface area contributed by atoms with Crippen LogP contribution in [0.2, 0.25) is 0 Å². The Labute approximate surface area is 324 Å². The summed E-state index contributed by atoms with van der Waals surface area (Å²) in [6.07, 6.45) is 22.9. The zero-order chi connectivity index (χ0) is 40.4. The van der Waals surface area contributed by atoms with Crippen LogP contribution < -0.4 is 20.0 Å². The predicted molar refractivity (Wildman–Crippen MR) is 211 cm³/mol. The predicted octanol–water partition coefficient (Wildman–Crippen LogP) is 4.85. The van der Waals surface area contributed by atoms with E-state index in [4.69, 9.17) is 19.8 Å². The Hall–Kier alpha value is -3.90. The highest BCUT2D eigenvalue weighted by Gasteiger charge is 2.10. The molecule has 12 heteroatoms. The highest BCUT2D eigenvalue weighted by molar-refractivity contribution is 6.25. The first-order valence-electron chi connectivity index (χ1n) is 20.5. The Balaban J connectivity index is 0.000000903. The van der Waals surface area contributed by atoms with Gasteiger partial charge in [0.05, 0.1) is 61.1 Å². The molecule has 0 aromatic heterocycles. The lowest BCUT2D eigenvalue weighted by Crippen LogP contribution is -3.12. The molecule has 0 bridgehead atoms. The lowest BCUT2D eigenvalue weighted by Gasteiger charge is -2.19. The number of quaternary nitrogens is 2. The van der Waals surface area contributed by atoms with Gasteiger partial charge in [-0.3, -0.25) is 20.2 Å². The van der Waals surface area contributed by atoms with Crippen LogP contribution in [0.4, 0.5) is 11.4 Å². The fraction of sp³-hybridized carbons (Fsp3) is 0.667. The van der Waals surface area contributed by atoms with Gasteiger partial charge in [-0.2, -0.15) is 0 Å². The number of hydrogen-bond donors (Lipinski definition) is 2. The van der Waals surface area contributed by atoms with Crippen LogP contribution in [0, 0.1) is 20.2 Å². The van der Waals surface area contributed by atoms with E-state index in [1.54, 1.807) is 34.1 Å². The number of nitrogens with one attached hydrogen (secondary N) is 2. The van der Waals surface area contributed by atoms with Crippen LogP contribution in [0.1, 0.15) is 142 Å². The fourth-order valence-electron chi connectivity index (χ4n) is 6.18. The lowest BCUT2D eigenvalue weighted by molar-refractivity contribution is -0.901. The minimum atomic E-state index is -2.19. The highest BCUT2D eigenvalue weighted by atomic mass is 16.6. The first-order valence-corrected chi connectivity index (χ1v) is 20.5. The number of unbranched alkanes of at least 4 members (excludes halogenated alkanes) is 10. The minimum absolute atomic E-state index is 0.181. The van der Waals surface area contributed by atoms with E-state index in [0.29, 0.717) is 0 Å². The molecule has 0 aliphatic rings. The molecule has 2 atom stereocenters. The van der Waals surface area contributed by atoms with Gasteiger partial charge in [0, 0.05) is 24.3 Å². The first kappa shape index (κ1) is 50.1. The molecule has 0 aliphatic carbocycles. The van der Waals surface area contributed by atoms with E-state index in [2.05, 4.69) is 27.7 Å². The molecule has 306 valence electrons. The molecule has 2 unspecified atom stereocenters. The van der Waals surface area contributed by atoms with E-state index in [9.17, 15) is 20.2 Å². The van der Waals surface area contributed by atoms with Crippen LogP contribution in [0.25, 0.3) is 0 Å². The summed E-state index contributed by atoms with van der Waals surface area (Å²) >= 11 is 0. The largest absolute Gasteiger partial charge is 0.543 e. The van der Waals surface area contributed by atoms with Crippen molar-refractivity contribution in [2.75, 3.05) is 39.3 Å². The number of aliphatic carboxylic acids is 2. The van der Waals surface area contributed by atoms with Crippen LogP contribution in [-0.4, -0.2) is 61.1 Å². The van der Waals surface area contributed by atoms with Crippen LogP contribution in [0.5, 0.6) is 0 Å². The normalized spacial score (nSPS) is 11.7. The minimum Gasteiger partial charge on any atom is -0.543 e. The Morgan fingerprint density at radius 1 is 0.444 bits per heavy atom. The van der Waals surface area contributed by atoms with Crippen molar-refractivity contribution < 1.29 is 39.4 Å². The van der Waals surface area contributed by atoms with Crippen molar-refractivity contribution in [2.24, 2.45) is 0 Å². The van der Waals surface area contributed by atoms with Gasteiger partial charge in [0.2, 0.25) is 0 Å². The zero-order valence-electron chi connectivity index (χ0n) is 33.7. The van der Waals surface area contributed by atoms with Crippen molar-refractivity contribution >= 4 is 23.3 Å². The van der Waals surface area contributed by atoms with Gasteiger partial charge in [0.25, 0.3) is 11.4 Å². The van der Waals surface area contributed by atoms with Crippen molar-refractivity contribution in [1.82, 2.24) is 0 Å². The molecule has 0 heterocycles. The summed E-state index contributed by atoms with van der Waals surface area (Å²) in [7, 11) is 0. The lowest BCUT2D eigenvalue weighted by atomic mass is 10.1. The van der Waals surface area contributed by atoms with Gasteiger partial charge in [-0.25, -0.2) is 0 Å². The van der Waals surface area contributed by atoms with E-state index < -0.39 is 11.9 Å². The summed E-state index contributed by atoms with van der Waals surface area (Å²) in [5.74, 6) is -4.37. The van der Waals surface area contributed by atoms with Crippen molar-refractivity contribution in [3.8, 4) is 0 Å². The van der Waals surface area contributed by atoms with Crippen molar-refractivity contribution in [3.05, 3.63) is 79.9 Å².